The molecule has 1 heterocycles. The molecular weight excluding hydrogens is 384 g/mol. The fraction of sp³-hybridized carbons (Fsp3) is 0.130. The number of thiazole rings is 1. The number of methoxy groups -OCH3 is 2. The highest BCUT2D eigenvalue weighted by atomic mass is 32.1. The molecule has 1 N–H and O–H groups in total. The molecule has 4 aromatic rings. The number of ketones is 1. The smallest absolute Gasteiger partial charge is 0.181 e. The van der Waals surface area contributed by atoms with E-state index in [0.29, 0.717) is 17.1 Å². The summed E-state index contributed by atoms with van der Waals surface area (Å²) in [4.78, 5) is 17.3. The molecule has 0 aliphatic heterocycles. The van der Waals surface area contributed by atoms with Crippen molar-refractivity contribution in [2.24, 2.45) is 0 Å². The lowest BCUT2D eigenvalue weighted by Crippen LogP contribution is -2.14. The highest BCUT2D eigenvalue weighted by Gasteiger charge is 2.11. The van der Waals surface area contributed by atoms with E-state index in [2.05, 4.69) is 11.4 Å². The van der Waals surface area contributed by atoms with Gasteiger partial charge in [-0.2, -0.15) is 0 Å². The number of aromatic nitrogens is 1. The standard InChI is InChI=1S/C23H20N2O3S/c1-27-20-11-10-15(13-21(20)28-2)19(26)14-24-17-7-5-6-16(12-17)23-25-18-8-3-4-9-22(18)29-23/h3-13,24H,14H2,1-2H3. The number of benzene rings is 3. The quantitative estimate of drug-likeness (QED) is 0.425. The van der Waals surface area contributed by atoms with Crippen LogP contribution in [0.5, 0.6) is 11.5 Å². The van der Waals surface area contributed by atoms with Crippen molar-refractivity contribution < 1.29 is 14.3 Å². The van der Waals surface area contributed by atoms with Gasteiger partial charge in [-0.05, 0) is 42.5 Å². The first-order valence-electron chi connectivity index (χ1n) is 9.13. The van der Waals surface area contributed by atoms with E-state index in [-0.39, 0.29) is 12.3 Å². The number of anilines is 1. The zero-order valence-corrected chi connectivity index (χ0v) is 17.0. The molecule has 1 aromatic heterocycles. The van der Waals surface area contributed by atoms with Crippen LogP contribution in [-0.4, -0.2) is 31.5 Å². The molecule has 0 atom stereocenters. The summed E-state index contributed by atoms with van der Waals surface area (Å²) < 4.78 is 11.7. The van der Waals surface area contributed by atoms with E-state index in [1.54, 1.807) is 43.8 Å². The van der Waals surface area contributed by atoms with Gasteiger partial charge in [0.2, 0.25) is 0 Å². The summed E-state index contributed by atoms with van der Waals surface area (Å²) in [5.41, 5.74) is 3.46. The number of carbonyl (C=O) groups excluding carboxylic acids is 1. The Balaban J connectivity index is 1.49. The first-order valence-corrected chi connectivity index (χ1v) is 9.94. The number of para-hydroxylation sites is 1. The number of hydrogen-bond donors (Lipinski definition) is 1. The van der Waals surface area contributed by atoms with Gasteiger partial charge in [-0.3, -0.25) is 4.79 Å². The number of Topliss-reactive ketones (excluding diaryl/α,β-unsaturated/α-hetero) is 1. The molecule has 6 heteroatoms. The maximum Gasteiger partial charge on any atom is 0.181 e. The third-order valence-corrected chi connectivity index (χ3v) is 5.65. The number of rotatable bonds is 7. The Morgan fingerprint density at radius 3 is 2.59 bits per heavy atom. The van der Waals surface area contributed by atoms with Gasteiger partial charge in [0.05, 0.1) is 31.0 Å². The maximum atomic E-state index is 12.6. The minimum absolute atomic E-state index is 0.0312. The second-order valence-corrected chi connectivity index (χ2v) is 7.44. The predicted octanol–water partition coefficient (Wildman–Crippen LogP) is 5.28. The van der Waals surface area contributed by atoms with Gasteiger partial charge in [0, 0.05) is 16.8 Å². The van der Waals surface area contributed by atoms with Crippen LogP contribution in [0.3, 0.4) is 0 Å². The molecule has 0 saturated heterocycles. The molecule has 0 aliphatic rings. The summed E-state index contributed by atoms with van der Waals surface area (Å²) in [7, 11) is 3.12. The molecule has 0 saturated carbocycles. The van der Waals surface area contributed by atoms with Gasteiger partial charge in [-0.25, -0.2) is 4.98 Å². The lowest BCUT2D eigenvalue weighted by atomic mass is 10.1. The fourth-order valence-corrected chi connectivity index (χ4v) is 4.01. The Labute approximate surface area is 172 Å². The summed E-state index contributed by atoms with van der Waals surface area (Å²) in [6.07, 6.45) is 0. The first kappa shape index (κ1) is 19.0. The zero-order chi connectivity index (χ0) is 20.2. The Morgan fingerprint density at radius 2 is 1.79 bits per heavy atom. The molecule has 146 valence electrons. The van der Waals surface area contributed by atoms with Crippen molar-refractivity contribution in [3.63, 3.8) is 0 Å². The van der Waals surface area contributed by atoms with Gasteiger partial charge in [-0.15, -0.1) is 11.3 Å². The van der Waals surface area contributed by atoms with Crippen molar-refractivity contribution in [3.8, 4) is 22.1 Å². The van der Waals surface area contributed by atoms with Crippen molar-refractivity contribution in [1.29, 1.82) is 0 Å². The molecule has 29 heavy (non-hydrogen) atoms. The van der Waals surface area contributed by atoms with Crippen LogP contribution in [0.2, 0.25) is 0 Å². The number of carbonyl (C=O) groups is 1. The molecule has 0 unspecified atom stereocenters. The van der Waals surface area contributed by atoms with Gasteiger partial charge < -0.3 is 14.8 Å². The van der Waals surface area contributed by atoms with Crippen LogP contribution in [-0.2, 0) is 0 Å². The summed E-state index contributed by atoms with van der Waals surface area (Å²) in [6.45, 7) is 0.179. The molecule has 5 nitrogen and oxygen atoms in total. The second-order valence-electron chi connectivity index (χ2n) is 6.41. The average molecular weight is 404 g/mol. The Hall–Kier alpha value is -3.38. The van der Waals surface area contributed by atoms with Crippen LogP contribution in [0.15, 0.2) is 66.7 Å². The molecule has 4 rings (SSSR count). The minimum Gasteiger partial charge on any atom is -0.493 e. The van der Waals surface area contributed by atoms with Crippen LogP contribution in [0.1, 0.15) is 10.4 Å². The first-order chi connectivity index (χ1) is 14.2. The molecule has 0 bridgehead atoms. The van der Waals surface area contributed by atoms with Crippen molar-refractivity contribution in [1.82, 2.24) is 4.98 Å². The highest BCUT2D eigenvalue weighted by Crippen LogP contribution is 2.31. The van der Waals surface area contributed by atoms with Gasteiger partial charge in [0.25, 0.3) is 0 Å². The number of nitrogens with one attached hydrogen (secondary N) is 1. The lowest BCUT2D eigenvalue weighted by molar-refractivity contribution is 0.101. The molecule has 0 aliphatic carbocycles. The minimum atomic E-state index is -0.0312. The van der Waals surface area contributed by atoms with Crippen molar-refractivity contribution in [3.05, 3.63) is 72.3 Å². The summed E-state index contributed by atoms with van der Waals surface area (Å²) in [6, 6.07) is 21.2. The van der Waals surface area contributed by atoms with E-state index in [1.165, 1.54) is 0 Å². The van der Waals surface area contributed by atoms with Crippen molar-refractivity contribution >= 4 is 33.0 Å². The lowest BCUT2D eigenvalue weighted by Gasteiger charge is -2.10. The molecular formula is C23H20N2O3S. The Morgan fingerprint density at radius 1 is 0.966 bits per heavy atom. The Bertz CT molecular complexity index is 1140. The summed E-state index contributed by atoms with van der Waals surface area (Å²) in [5, 5.41) is 4.17. The topological polar surface area (TPSA) is 60.5 Å². The third-order valence-electron chi connectivity index (χ3n) is 4.56. The molecule has 3 aromatic carbocycles. The van der Waals surface area contributed by atoms with Gasteiger partial charge in [0.15, 0.2) is 17.3 Å². The Kier molecular flexibility index (Phi) is 5.44. The van der Waals surface area contributed by atoms with E-state index in [0.717, 1.165) is 26.5 Å². The zero-order valence-electron chi connectivity index (χ0n) is 16.1. The van der Waals surface area contributed by atoms with Crippen LogP contribution >= 0.6 is 11.3 Å². The highest BCUT2D eigenvalue weighted by molar-refractivity contribution is 7.21. The van der Waals surface area contributed by atoms with E-state index >= 15 is 0 Å². The molecule has 0 amide bonds. The van der Waals surface area contributed by atoms with Crippen LogP contribution in [0.4, 0.5) is 5.69 Å². The fourth-order valence-electron chi connectivity index (χ4n) is 3.05. The number of hydrogen-bond acceptors (Lipinski definition) is 6. The normalized spacial score (nSPS) is 10.7. The molecule has 0 spiro atoms. The number of fused-ring (bicyclic) bond motifs is 1. The maximum absolute atomic E-state index is 12.6. The molecule has 0 radical (unpaired) electrons. The third kappa shape index (κ3) is 4.07. The van der Waals surface area contributed by atoms with Gasteiger partial charge in [-0.1, -0.05) is 24.3 Å². The summed E-state index contributed by atoms with van der Waals surface area (Å²) in [5.74, 6) is 1.10. The van der Waals surface area contributed by atoms with Crippen LogP contribution in [0, 0.1) is 0 Å². The van der Waals surface area contributed by atoms with Crippen molar-refractivity contribution in [2.45, 2.75) is 0 Å². The van der Waals surface area contributed by atoms with E-state index in [4.69, 9.17) is 14.5 Å². The SMILES string of the molecule is COc1ccc(C(=O)CNc2cccc(-c3nc4ccccc4s3)c2)cc1OC. The van der Waals surface area contributed by atoms with E-state index in [9.17, 15) is 4.79 Å². The van der Waals surface area contributed by atoms with Crippen LogP contribution in [0.25, 0.3) is 20.8 Å². The monoisotopic (exact) mass is 404 g/mol. The summed E-state index contributed by atoms with van der Waals surface area (Å²) >= 11 is 1.66. The van der Waals surface area contributed by atoms with Gasteiger partial charge >= 0.3 is 0 Å². The predicted molar refractivity (Wildman–Crippen MR) is 117 cm³/mol. The molecule has 0 fully saturated rings. The van der Waals surface area contributed by atoms with Gasteiger partial charge in [0.1, 0.15) is 5.01 Å². The van der Waals surface area contributed by atoms with Crippen LogP contribution < -0.4 is 14.8 Å². The van der Waals surface area contributed by atoms with E-state index in [1.807, 2.05) is 42.5 Å². The van der Waals surface area contributed by atoms with Crippen molar-refractivity contribution in [2.75, 3.05) is 26.1 Å². The average Bonchev–Trinajstić information content (AvgIpc) is 3.21. The van der Waals surface area contributed by atoms with E-state index < -0.39 is 0 Å². The largest absolute Gasteiger partial charge is 0.493 e. The number of nitrogens with zero attached hydrogens (tertiary/aromatic N) is 1. The second kappa shape index (κ2) is 8.32. The number of ether oxygens (including phenoxy) is 2.